The van der Waals surface area contributed by atoms with Crippen LogP contribution in [0.2, 0.25) is 0 Å². The number of aliphatic imine (C=N–C) groups is 2. The molecular weight excluding hydrogens is 228 g/mol. The van der Waals surface area contributed by atoms with Crippen LogP contribution in [0.15, 0.2) is 9.98 Å². The highest BCUT2D eigenvalue weighted by molar-refractivity contribution is 7.89. The predicted octanol–water partition coefficient (Wildman–Crippen LogP) is 0.287. The molecule has 1 rings (SSSR count). The first-order chi connectivity index (χ1) is 7.44. The fraction of sp³-hybridized carbons (Fsp3) is 0.778. The molecule has 1 aliphatic rings. The molecule has 1 fully saturated rings. The van der Waals surface area contributed by atoms with Crippen molar-refractivity contribution >= 4 is 21.9 Å². The quantitative estimate of drug-likeness (QED) is 0.699. The van der Waals surface area contributed by atoms with E-state index in [0.717, 1.165) is 12.8 Å². The maximum atomic E-state index is 11.2. The fourth-order valence-electron chi connectivity index (χ4n) is 1.33. The second-order valence-corrected chi connectivity index (χ2v) is 5.46. The van der Waals surface area contributed by atoms with Gasteiger partial charge in [-0.25, -0.2) is 9.44 Å². The normalized spacial score (nSPS) is 23.8. The van der Waals surface area contributed by atoms with E-state index in [9.17, 15) is 8.42 Å². The fourth-order valence-corrected chi connectivity index (χ4v) is 2.24. The van der Waals surface area contributed by atoms with Gasteiger partial charge in [0.05, 0.1) is 0 Å². The van der Waals surface area contributed by atoms with Gasteiger partial charge >= 0.3 is 10.2 Å². The zero-order chi connectivity index (χ0) is 12.2. The Bertz CT molecular complexity index is 398. The van der Waals surface area contributed by atoms with Gasteiger partial charge in [-0.15, -0.1) is 0 Å². The second-order valence-electron chi connectivity index (χ2n) is 4.05. The number of nitrogens with one attached hydrogen (secondary N) is 2. The van der Waals surface area contributed by atoms with Gasteiger partial charge in [0, 0.05) is 13.6 Å². The molecule has 1 saturated heterocycles. The topological polar surface area (TPSA) is 82.9 Å². The van der Waals surface area contributed by atoms with Crippen LogP contribution in [-0.4, -0.2) is 33.7 Å². The van der Waals surface area contributed by atoms with Crippen LogP contribution in [0.3, 0.4) is 0 Å². The van der Waals surface area contributed by atoms with E-state index in [0.29, 0.717) is 18.3 Å². The zero-order valence-electron chi connectivity index (χ0n) is 9.82. The molecule has 0 aromatic carbocycles. The highest BCUT2D eigenvalue weighted by Crippen LogP contribution is 2.03. The Morgan fingerprint density at radius 2 is 1.88 bits per heavy atom. The summed E-state index contributed by atoms with van der Waals surface area (Å²) >= 11 is 0. The molecule has 0 saturated carbocycles. The number of hydrogen-bond acceptors (Lipinski definition) is 4. The summed E-state index contributed by atoms with van der Waals surface area (Å²) in [6.07, 6.45) is 2.02. The standard InChI is InChI=1S/C9H18N4O2S/c1-7(2)5-4-6-11-9-8(10-3)12-16(14,15)13-9/h7H,4-6H2,1-3H3,(H,10,12)(H,11,13). The van der Waals surface area contributed by atoms with E-state index in [1.165, 1.54) is 7.05 Å². The summed E-state index contributed by atoms with van der Waals surface area (Å²) in [7, 11) is -1.95. The van der Waals surface area contributed by atoms with Crippen molar-refractivity contribution < 1.29 is 8.42 Å². The maximum Gasteiger partial charge on any atom is 0.324 e. The minimum atomic E-state index is -3.47. The van der Waals surface area contributed by atoms with Crippen molar-refractivity contribution in [2.75, 3.05) is 13.6 Å². The largest absolute Gasteiger partial charge is 0.324 e. The summed E-state index contributed by atoms with van der Waals surface area (Å²) in [6, 6.07) is 0. The lowest BCUT2D eigenvalue weighted by Crippen LogP contribution is -2.24. The van der Waals surface area contributed by atoms with Gasteiger partial charge in [-0.2, -0.15) is 8.42 Å². The number of rotatable bonds is 4. The van der Waals surface area contributed by atoms with Crippen molar-refractivity contribution in [3.8, 4) is 0 Å². The van der Waals surface area contributed by atoms with E-state index in [-0.39, 0.29) is 5.84 Å². The predicted molar refractivity (Wildman–Crippen MR) is 64.9 cm³/mol. The molecule has 0 aromatic heterocycles. The molecule has 92 valence electrons. The SMILES string of the molecule is CN=C1NS(=O)(=O)NC1=NCCCC(C)C. The van der Waals surface area contributed by atoms with E-state index < -0.39 is 10.2 Å². The molecule has 7 heteroatoms. The molecule has 0 aliphatic carbocycles. The smallest absolute Gasteiger partial charge is 0.268 e. The van der Waals surface area contributed by atoms with E-state index in [4.69, 9.17) is 0 Å². The molecular formula is C9H18N4O2S. The Hall–Kier alpha value is -1.11. The maximum absolute atomic E-state index is 11.2. The van der Waals surface area contributed by atoms with Gasteiger partial charge < -0.3 is 0 Å². The molecule has 16 heavy (non-hydrogen) atoms. The molecule has 0 amide bonds. The summed E-state index contributed by atoms with van der Waals surface area (Å²) in [5.41, 5.74) is 0. The van der Waals surface area contributed by atoms with Gasteiger partial charge in [-0.3, -0.25) is 9.98 Å². The molecule has 6 nitrogen and oxygen atoms in total. The first-order valence-corrected chi connectivity index (χ1v) is 6.75. The van der Waals surface area contributed by atoms with Crippen LogP contribution in [0.5, 0.6) is 0 Å². The molecule has 0 unspecified atom stereocenters. The Kier molecular flexibility index (Phi) is 4.28. The van der Waals surface area contributed by atoms with Crippen molar-refractivity contribution in [1.82, 2.24) is 9.44 Å². The van der Waals surface area contributed by atoms with Crippen LogP contribution in [0.4, 0.5) is 0 Å². The van der Waals surface area contributed by atoms with Gasteiger partial charge in [0.2, 0.25) is 0 Å². The van der Waals surface area contributed by atoms with Crippen molar-refractivity contribution in [1.29, 1.82) is 0 Å². The lowest BCUT2D eigenvalue weighted by molar-refractivity contribution is 0.561. The minimum Gasteiger partial charge on any atom is -0.268 e. The van der Waals surface area contributed by atoms with Crippen molar-refractivity contribution in [2.45, 2.75) is 26.7 Å². The van der Waals surface area contributed by atoms with E-state index >= 15 is 0 Å². The number of amidine groups is 2. The van der Waals surface area contributed by atoms with Gasteiger partial charge in [0.25, 0.3) is 0 Å². The van der Waals surface area contributed by atoms with Crippen LogP contribution in [-0.2, 0) is 10.2 Å². The molecule has 1 aliphatic heterocycles. The Balaban J connectivity index is 2.56. The Labute approximate surface area is 96.4 Å². The monoisotopic (exact) mass is 246 g/mol. The van der Waals surface area contributed by atoms with Gasteiger partial charge in [0.1, 0.15) is 0 Å². The third-order valence-electron chi connectivity index (χ3n) is 2.12. The second kappa shape index (κ2) is 5.29. The molecule has 0 spiro atoms. The van der Waals surface area contributed by atoms with Crippen LogP contribution >= 0.6 is 0 Å². The van der Waals surface area contributed by atoms with Crippen molar-refractivity contribution in [3.63, 3.8) is 0 Å². The summed E-state index contributed by atoms with van der Waals surface area (Å²) in [5.74, 6) is 1.23. The highest BCUT2D eigenvalue weighted by Gasteiger charge is 2.27. The zero-order valence-corrected chi connectivity index (χ0v) is 10.6. The highest BCUT2D eigenvalue weighted by atomic mass is 32.2. The Morgan fingerprint density at radius 1 is 1.25 bits per heavy atom. The first-order valence-electron chi connectivity index (χ1n) is 5.27. The van der Waals surface area contributed by atoms with Crippen LogP contribution in [0.1, 0.15) is 26.7 Å². The molecule has 0 bridgehead atoms. The lowest BCUT2D eigenvalue weighted by atomic mass is 10.1. The van der Waals surface area contributed by atoms with Crippen LogP contribution in [0.25, 0.3) is 0 Å². The molecule has 1 heterocycles. The first kappa shape index (κ1) is 13.0. The van der Waals surface area contributed by atoms with Gasteiger partial charge in [-0.1, -0.05) is 13.8 Å². The van der Waals surface area contributed by atoms with E-state index in [1.54, 1.807) is 0 Å². The van der Waals surface area contributed by atoms with E-state index in [2.05, 4.69) is 33.3 Å². The third kappa shape index (κ3) is 3.80. The van der Waals surface area contributed by atoms with E-state index in [1.807, 2.05) is 0 Å². The van der Waals surface area contributed by atoms with Crippen molar-refractivity contribution in [2.24, 2.45) is 15.9 Å². The lowest BCUT2D eigenvalue weighted by Gasteiger charge is -2.01. The average molecular weight is 246 g/mol. The molecule has 0 aromatic rings. The van der Waals surface area contributed by atoms with Crippen molar-refractivity contribution in [3.05, 3.63) is 0 Å². The average Bonchev–Trinajstić information content (AvgIpc) is 2.48. The molecule has 0 radical (unpaired) electrons. The summed E-state index contributed by atoms with van der Waals surface area (Å²) < 4.78 is 26.9. The number of nitrogens with zero attached hydrogens (tertiary/aromatic N) is 2. The van der Waals surface area contributed by atoms with Crippen LogP contribution < -0.4 is 9.44 Å². The Morgan fingerprint density at radius 3 is 2.44 bits per heavy atom. The number of hydrogen-bond donors (Lipinski definition) is 2. The van der Waals surface area contributed by atoms with Gasteiger partial charge in [-0.05, 0) is 18.8 Å². The van der Waals surface area contributed by atoms with Gasteiger partial charge in [0.15, 0.2) is 11.7 Å². The summed E-state index contributed by atoms with van der Waals surface area (Å²) in [6.45, 7) is 4.90. The molecule has 2 N–H and O–H groups in total. The van der Waals surface area contributed by atoms with Crippen LogP contribution in [0, 0.1) is 5.92 Å². The summed E-state index contributed by atoms with van der Waals surface area (Å²) in [4.78, 5) is 7.99. The molecule has 0 atom stereocenters. The minimum absolute atomic E-state index is 0.282. The third-order valence-corrected chi connectivity index (χ3v) is 3.04. The summed E-state index contributed by atoms with van der Waals surface area (Å²) in [5, 5.41) is 0.